The summed E-state index contributed by atoms with van der Waals surface area (Å²) in [7, 11) is 0. The van der Waals surface area contributed by atoms with Crippen molar-refractivity contribution in [1.29, 1.82) is 0 Å². The summed E-state index contributed by atoms with van der Waals surface area (Å²) >= 11 is 0. The van der Waals surface area contributed by atoms with E-state index in [0.29, 0.717) is 61.1 Å². The molecule has 0 unspecified atom stereocenters. The van der Waals surface area contributed by atoms with Crippen LogP contribution < -0.4 is 0 Å². The Balaban J connectivity index is 1.63. The number of halogens is 12. The van der Waals surface area contributed by atoms with Gasteiger partial charge >= 0.3 is 24.7 Å². The van der Waals surface area contributed by atoms with Crippen molar-refractivity contribution in [2.24, 2.45) is 9.98 Å². The van der Waals surface area contributed by atoms with Gasteiger partial charge in [-0.3, -0.25) is 9.98 Å². The van der Waals surface area contributed by atoms with Gasteiger partial charge < -0.3 is 0 Å². The Hall–Kier alpha value is -3.91. The lowest BCUT2D eigenvalue weighted by molar-refractivity contribution is -0.144. The van der Waals surface area contributed by atoms with Crippen molar-refractivity contribution in [2.75, 3.05) is 0 Å². The van der Waals surface area contributed by atoms with E-state index in [1.165, 1.54) is 0 Å². The number of aryl methyl sites for hydroxylation is 2. The first-order chi connectivity index (χ1) is 20.3. The van der Waals surface area contributed by atoms with Crippen LogP contribution in [0.4, 0.5) is 64.1 Å². The van der Waals surface area contributed by atoms with Gasteiger partial charge in [-0.05, 0) is 86.1 Å². The average Bonchev–Trinajstić information content (AvgIpc) is 2.90. The number of aliphatic imine (C=N–C) groups is 2. The molecule has 2 aliphatic carbocycles. The molecule has 5 rings (SSSR count). The fourth-order valence-electron chi connectivity index (χ4n) is 5.15. The second-order valence-corrected chi connectivity index (χ2v) is 10.4. The SMILES string of the molecule is FC(F)(F)c1cc(/N=C2\CCCc3cc4c(nc32)/C(=N/c2cc(C(F)(F)F)cc(C(F)(F)F)c2)CCC4)cc(C(F)(F)F)c1. The van der Waals surface area contributed by atoms with Crippen molar-refractivity contribution in [3.8, 4) is 0 Å². The molecule has 1 heterocycles. The predicted molar refractivity (Wildman–Crippen MR) is 135 cm³/mol. The smallest absolute Gasteiger partial charge is 0.251 e. The maximum atomic E-state index is 13.4. The lowest BCUT2D eigenvalue weighted by atomic mass is 9.87. The molecule has 0 spiro atoms. The average molecular weight is 637 g/mol. The maximum absolute atomic E-state index is 13.4. The maximum Gasteiger partial charge on any atom is 0.416 e. The molecule has 44 heavy (non-hydrogen) atoms. The normalized spacial score (nSPS) is 18.0. The van der Waals surface area contributed by atoms with Crippen LogP contribution in [0.25, 0.3) is 0 Å². The number of aromatic nitrogens is 1. The van der Waals surface area contributed by atoms with Crippen LogP contribution in [-0.2, 0) is 37.5 Å². The van der Waals surface area contributed by atoms with Gasteiger partial charge in [0.25, 0.3) is 0 Å². The Labute approximate surface area is 241 Å². The Morgan fingerprint density at radius 1 is 0.432 bits per heavy atom. The van der Waals surface area contributed by atoms with E-state index in [4.69, 9.17) is 0 Å². The van der Waals surface area contributed by atoms with Crippen LogP contribution in [0.1, 0.15) is 70.5 Å². The Bertz CT molecular complexity index is 1470. The quantitative estimate of drug-likeness (QED) is 0.258. The summed E-state index contributed by atoms with van der Waals surface area (Å²) in [4.78, 5) is 12.8. The molecule has 0 saturated heterocycles. The molecule has 234 valence electrons. The van der Waals surface area contributed by atoms with Gasteiger partial charge in [0.15, 0.2) is 0 Å². The highest BCUT2D eigenvalue weighted by molar-refractivity contribution is 6.06. The summed E-state index contributed by atoms with van der Waals surface area (Å²) in [5.41, 5.74) is -5.68. The van der Waals surface area contributed by atoms with Crippen molar-refractivity contribution < 1.29 is 52.7 Å². The monoisotopic (exact) mass is 637 g/mol. The lowest BCUT2D eigenvalue weighted by Gasteiger charge is -2.24. The third-order valence-electron chi connectivity index (χ3n) is 7.12. The topological polar surface area (TPSA) is 37.6 Å². The highest BCUT2D eigenvalue weighted by Crippen LogP contribution is 2.41. The first-order valence-electron chi connectivity index (χ1n) is 13.1. The van der Waals surface area contributed by atoms with Crippen molar-refractivity contribution in [3.63, 3.8) is 0 Å². The predicted octanol–water partition coefficient (Wildman–Crippen LogP) is 10.1. The molecule has 0 fully saturated rings. The van der Waals surface area contributed by atoms with E-state index in [0.717, 1.165) is 0 Å². The van der Waals surface area contributed by atoms with Gasteiger partial charge in [0, 0.05) is 0 Å². The van der Waals surface area contributed by atoms with Crippen molar-refractivity contribution in [1.82, 2.24) is 4.98 Å². The van der Waals surface area contributed by atoms with Crippen molar-refractivity contribution in [3.05, 3.63) is 87.2 Å². The third-order valence-corrected chi connectivity index (χ3v) is 7.12. The molecule has 0 amide bonds. The summed E-state index contributed by atoms with van der Waals surface area (Å²) in [5.74, 6) is 0. The standard InChI is InChI=1S/C29H19F12N3/c30-26(31,32)16-8-17(27(33,34)35)11-20(10-16)42-22-5-1-3-14-7-15-4-2-6-23(25(15)44-24(14)22)43-21-12-18(28(36,37)38)9-19(13-21)29(39,40)41/h7-13H,1-6H2/b42-22+,43-23+. The number of fused-ring (bicyclic) bond motifs is 2. The van der Waals surface area contributed by atoms with Gasteiger partial charge in [0.1, 0.15) is 0 Å². The molecule has 0 aliphatic heterocycles. The first-order valence-corrected chi connectivity index (χ1v) is 13.1. The Morgan fingerprint density at radius 3 is 1.05 bits per heavy atom. The van der Waals surface area contributed by atoms with E-state index in [9.17, 15) is 52.7 Å². The summed E-state index contributed by atoms with van der Waals surface area (Å²) in [6, 6.07) is 3.59. The number of hydrogen-bond acceptors (Lipinski definition) is 3. The van der Waals surface area contributed by atoms with Crippen LogP contribution >= 0.6 is 0 Å². The number of benzene rings is 2. The van der Waals surface area contributed by atoms with E-state index in [2.05, 4.69) is 15.0 Å². The number of nitrogens with zero attached hydrogens (tertiary/aromatic N) is 3. The molecule has 0 radical (unpaired) electrons. The summed E-state index contributed by atoms with van der Waals surface area (Å²) in [5, 5.41) is 0. The van der Waals surface area contributed by atoms with Gasteiger partial charge in [-0.1, -0.05) is 6.07 Å². The number of rotatable bonds is 2. The van der Waals surface area contributed by atoms with Crippen molar-refractivity contribution in [2.45, 2.75) is 63.2 Å². The molecule has 3 aromatic rings. The van der Waals surface area contributed by atoms with E-state index in [-0.39, 0.29) is 47.8 Å². The zero-order chi connectivity index (χ0) is 32.2. The molecule has 1 aromatic heterocycles. The number of pyridine rings is 1. The highest BCUT2D eigenvalue weighted by Gasteiger charge is 2.38. The van der Waals surface area contributed by atoms with Crippen LogP contribution in [0.2, 0.25) is 0 Å². The molecule has 0 atom stereocenters. The lowest BCUT2D eigenvalue weighted by Crippen LogP contribution is -2.21. The molecular formula is C29H19F12N3. The molecule has 2 aliphatic rings. The summed E-state index contributed by atoms with van der Waals surface area (Å²) < 4.78 is 161. The van der Waals surface area contributed by atoms with Gasteiger partial charge in [0.05, 0.1) is 56.4 Å². The van der Waals surface area contributed by atoms with E-state index >= 15 is 0 Å². The van der Waals surface area contributed by atoms with Crippen LogP contribution in [0.15, 0.2) is 52.4 Å². The van der Waals surface area contributed by atoms with Crippen LogP contribution in [-0.4, -0.2) is 16.4 Å². The minimum atomic E-state index is -5.08. The largest absolute Gasteiger partial charge is 0.416 e. The molecule has 0 N–H and O–H groups in total. The fraction of sp³-hybridized carbons (Fsp3) is 0.345. The van der Waals surface area contributed by atoms with E-state index < -0.39 is 58.3 Å². The Morgan fingerprint density at radius 2 is 0.750 bits per heavy atom. The number of alkyl halides is 12. The van der Waals surface area contributed by atoms with Gasteiger partial charge in [-0.15, -0.1) is 0 Å². The fourth-order valence-corrected chi connectivity index (χ4v) is 5.15. The van der Waals surface area contributed by atoms with Crippen LogP contribution in [0.3, 0.4) is 0 Å². The second kappa shape index (κ2) is 10.9. The van der Waals surface area contributed by atoms with Crippen LogP contribution in [0, 0.1) is 0 Å². The van der Waals surface area contributed by atoms with Gasteiger partial charge in [0.2, 0.25) is 0 Å². The highest BCUT2D eigenvalue weighted by atomic mass is 19.4. The number of hydrogen-bond donors (Lipinski definition) is 0. The molecule has 3 nitrogen and oxygen atoms in total. The second-order valence-electron chi connectivity index (χ2n) is 10.4. The molecular weight excluding hydrogens is 618 g/mol. The zero-order valence-corrected chi connectivity index (χ0v) is 22.2. The van der Waals surface area contributed by atoms with Crippen LogP contribution in [0.5, 0.6) is 0 Å². The van der Waals surface area contributed by atoms with Gasteiger partial charge in [-0.25, -0.2) is 4.98 Å². The summed E-state index contributed by atoms with van der Waals surface area (Å²) in [6.45, 7) is 0. The summed E-state index contributed by atoms with van der Waals surface area (Å²) in [6.07, 6.45) is -18.2. The van der Waals surface area contributed by atoms with E-state index in [1.807, 2.05) is 0 Å². The van der Waals surface area contributed by atoms with Gasteiger partial charge in [-0.2, -0.15) is 52.7 Å². The molecule has 0 saturated carbocycles. The van der Waals surface area contributed by atoms with E-state index in [1.54, 1.807) is 6.07 Å². The Kier molecular flexibility index (Phi) is 7.82. The molecule has 0 bridgehead atoms. The molecule has 15 heteroatoms. The minimum absolute atomic E-state index is 0.0200. The van der Waals surface area contributed by atoms with Crippen molar-refractivity contribution >= 4 is 22.8 Å². The third kappa shape index (κ3) is 6.75. The first kappa shape index (κ1) is 31.5. The minimum Gasteiger partial charge on any atom is -0.251 e. The molecule has 2 aromatic carbocycles. The zero-order valence-electron chi connectivity index (χ0n) is 22.2.